The predicted molar refractivity (Wildman–Crippen MR) is 110 cm³/mol. The van der Waals surface area contributed by atoms with Crippen LogP contribution < -0.4 is 10.1 Å². The Bertz CT molecular complexity index is 1160. The highest BCUT2D eigenvalue weighted by Gasteiger charge is 2.23. The second kappa shape index (κ2) is 5.96. The van der Waals surface area contributed by atoms with Crippen molar-refractivity contribution in [2.45, 2.75) is 25.8 Å². The van der Waals surface area contributed by atoms with Gasteiger partial charge in [0.15, 0.2) is 0 Å². The van der Waals surface area contributed by atoms with Crippen molar-refractivity contribution < 1.29 is 4.74 Å². The van der Waals surface area contributed by atoms with E-state index < -0.39 is 0 Å². The van der Waals surface area contributed by atoms with Gasteiger partial charge in [-0.3, -0.25) is 0 Å². The number of nitrogens with one attached hydrogen (secondary N) is 1. The summed E-state index contributed by atoms with van der Waals surface area (Å²) in [5, 5.41) is 6.85. The first-order valence-electron chi connectivity index (χ1n) is 9.60. The molecule has 0 bridgehead atoms. The lowest BCUT2D eigenvalue weighted by molar-refractivity contribution is 0.316. The van der Waals surface area contributed by atoms with Crippen molar-refractivity contribution in [1.82, 2.24) is 14.5 Å². The highest BCUT2D eigenvalue weighted by molar-refractivity contribution is 7.16. The number of thiophene rings is 1. The Labute approximate surface area is 161 Å². The van der Waals surface area contributed by atoms with Crippen molar-refractivity contribution in [3.05, 3.63) is 35.8 Å². The number of anilines is 1. The van der Waals surface area contributed by atoms with Gasteiger partial charge in [0.05, 0.1) is 12.1 Å². The number of aryl methyl sites for hydroxylation is 1. The van der Waals surface area contributed by atoms with Gasteiger partial charge in [-0.05, 0) is 48.8 Å². The van der Waals surface area contributed by atoms with Gasteiger partial charge in [0.1, 0.15) is 21.9 Å². The summed E-state index contributed by atoms with van der Waals surface area (Å²) in [6.07, 6.45) is 5.56. The fraction of sp³-hybridized carbons (Fsp3) is 0.333. The van der Waals surface area contributed by atoms with Gasteiger partial charge in [-0.2, -0.15) is 0 Å². The van der Waals surface area contributed by atoms with Crippen LogP contribution in [0, 0.1) is 5.92 Å². The van der Waals surface area contributed by atoms with Gasteiger partial charge in [-0.15, -0.1) is 11.3 Å². The zero-order valence-corrected chi connectivity index (χ0v) is 15.8. The summed E-state index contributed by atoms with van der Waals surface area (Å²) < 4.78 is 8.42. The number of imidazole rings is 1. The lowest BCUT2D eigenvalue weighted by Crippen LogP contribution is -2.03. The van der Waals surface area contributed by atoms with E-state index in [9.17, 15) is 0 Å². The molecule has 0 amide bonds. The lowest BCUT2D eigenvalue weighted by Gasteiger charge is -2.10. The van der Waals surface area contributed by atoms with Crippen molar-refractivity contribution in [2.75, 3.05) is 18.5 Å². The number of ether oxygens (including phenoxy) is 1. The topological polar surface area (TPSA) is 52.0 Å². The van der Waals surface area contributed by atoms with Crippen molar-refractivity contribution in [3.63, 3.8) is 0 Å². The molecule has 5 nitrogen and oxygen atoms in total. The van der Waals surface area contributed by atoms with Crippen LogP contribution >= 0.6 is 11.3 Å². The Morgan fingerprint density at radius 3 is 3.15 bits per heavy atom. The molecule has 3 aromatic heterocycles. The van der Waals surface area contributed by atoms with E-state index in [0.29, 0.717) is 0 Å². The first-order chi connectivity index (χ1) is 13.4. The van der Waals surface area contributed by atoms with Crippen LogP contribution in [0.2, 0.25) is 0 Å². The molecule has 4 heterocycles. The molecule has 4 aromatic rings. The van der Waals surface area contributed by atoms with Gasteiger partial charge in [0.25, 0.3) is 0 Å². The molecule has 1 aliphatic carbocycles. The molecule has 0 radical (unpaired) electrons. The Morgan fingerprint density at radius 2 is 2.22 bits per heavy atom. The van der Waals surface area contributed by atoms with Gasteiger partial charge in [0.2, 0.25) is 0 Å². The molecule has 27 heavy (non-hydrogen) atoms. The Morgan fingerprint density at radius 1 is 1.26 bits per heavy atom. The molecule has 1 N–H and O–H groups in total. The highest BCUT2D eigenvalue weighted by atomic mass is 32.1. The van der Waals surface area contributed by atoms with Gasteiger partial charge in [0, 0.05) is 42.0 Å². The van der Waals surface area contributed by atoms with E-state index in [4.69, 9.17) is 9.72 Å². The second-order valence-corrected chi connectivity index (χ2v) is 8.35. The van der Waals surface area contributed by atoms with Crippen molar-refractivity contribution in [2.24, 2.45) is 5.92 Å². The average Bonchev–Trinajstić information content (AvgIpc) is 3.33. The van der Waals surface area contributed by atoms with Crippen LogP contribution in [-0.2, 0) is 6.54 Å². The first kappa shape index (κ1) is 15.5. The van der Waals surface area contributed by atoms with Gasteiger partial charge < -0.3 is 14.6 Å². The molecule has 1 aromatic carbocycles. The van der Waals surface area contributed by atoms with Crippen LogP contribution in [0.5, 0.6) is 5.75 Å². The number of nitrogens with zero attached hydrogens (tertiary/aromatic N) is 3. The van der Waals surface area contributed by atoms with Crippen molar-refractivity contribution >= 4 is 38.3 Å². The molecule has 6 rings (SSSR count). The maximum atomic E-state index is 6.09. The smallest absolute Gasteiger partial charge is 0.147 e. The largest absolute Gasteiger partial charge is 0.491 e. The molecular formula is C21H20N4OS. The summed E-state index contributed by atoms with van der Waals surface area (Å²) in [6.45, 7) is 2.70. The normalized spacial score (nSPS) is 16.4. The number of benzene rings is 1. The van der Waals surface area contributed by atoms with E-state index in [1.807, 2.05) is 6.20 Å². The van der Waals surface area contributed by atoms with Crippen LogP contribution in [0.25, 0.3) is 32.6 Å². The number of pyridine rings is 1. The molecule has 1 fully saturated rings. The lowest BCUT2D eigenvalue weighted by atomic mass is 10.2. The summed E-state index contributed by atoms with van der Waals surface area (Å²) in [6, 6.07) is 8.54. The molecule has 1 saturated carbocycles. The maximum absolute atomic E-state index is 6.09. The summed E-state index contributed by atoms with van der Waals surface area (Å²) in [7, 11) is 0. The van der Waals surface area contributed by atoms with E-state index in [-0.39, 0.29) is 0 Å². The quantitative estimate of drug-likeness (QED) is 0.549. The van der Waals surface area contributed by atoms with E-state index in [1.54, 1.807) is 11.3 Å². The highest BCUT2D eigenvalue weighted by Crippen LogP contribution is 2.38. The third-order valence-corrected chi connectivity index (χ3v) is 6.31. The fourth-order valence-corrected chi connectivity index (χ4v) is 4.68. The summed E-state index contributed by atoms with van der Waals surface area (Å²) in [5.41, 5.74) is 4.37. The molecule has 6 heteroatoms. The van der Waals surface area contributed by atoms with Crippen LogP contribution in [0.3, 0.4) is 0 Å². The zero-order valence-electron chi connectivity index (χ0n) is 14.9. The Kier molecular flexibility index (Phi) is 3.41. The van der Waals surface area contributed by atoms with Gasteiger partial charge in [-0.1, -0.05) is 0 Å². The molecule has 1 aliphatic heterocycles. The van der Waals surface area contributed by atoms with Gasteiger partial charge >= 0.3 is 0 Å². The minimum atomic E-state index is 0.743. The Hall–Kier alpha value is -2.60. The number of hydrogen-bond donors (Lipinski definition) is 1. The minimum Gasteiger partial charge on any atom is -0.491 e. The summed E-state index contributed by atoms with van der Waals surface area (Å²) in [4.78, 5) is 10.6. The number of hydrogen-bond acceptors (Lipinski definition) is 5. The van der Waals surface area contributed by atoms with Crippen LogP contribution in [0.1, 0.15) is 19.3 Å². The van der Waals surface area contributed by atoms with Crippen LogP contribution in [0.15, 0.2) is 35.8 Å². The van der Waals surface area contributed by atoms with Crippen LogP contribution in [0.4, 0.5) is 5.69 Å². The monoisotopic (exact) mass is 376 g/mol. The second-order valence-electron chi connectivity index (χ2n) is 7.45. The molecular weight excluding hydrogens is 356 g/mol. The minimum absolute atomic E-state index is 0.743. The SMILES string of the molecule is c1cc(-c2nc3cc(NCC4CC4)cc4c3n2CCCO4)c2ccsc2n1. The van der Waals surface area contributed by atoms with E-state index in [1.165, 1.54) is 18.2 Å². The van der Waals surface area contributed by atoms with Crippen LogP contribution in [-0.4, -0.2) is 27.7 Å². The third kappa shape index (κ3) is 2.58. The fourth-order valence-electron chi connectivity index (χ4n) is 3.92. The third-order valence-electron chi connectivity index (χ3n) is 5.49. The molecule has 2 aliphatic rings. The first-order valence-corrected chi connectivity index (χ1v) is 10.5. The van der Waals surface area contributed by atoms with E-state index in [2.05, 4.69) is 44.5 Å². The van der Waals surface area contributed by atoms with E-state index >= 15 is 0 Å². The standard InChI is InChI=1S/C21H20N4OS/c1-7-25-19-17(10-14(11-18(19)26-8-1)23-12-13-2-3-13)24-20(25)15-4-6-22-21-16(15)5-9-27-21/h4-6,9-11,13,23H,1-3,7-8,12H2. The Balaban J connectivity index is 1.54. The number of fused-ring (bicyclic) bond motifs is 1. The molecule has 0 saturated heterocycles. The number of rotatable bonds is 4. The van der Waals surface area contributed by atoms with Crippen molar-refractivity contribution in [1.29, 1.82) is 0 Å². The van der Waals surface area contributed by atoms with E-state index in [0.717, 1.165) is 70.7 Å². The van der Waals surface area contributed by atoms with Gasteiger partial charge in [-0.25, -0.2) is 9.97 Å². The maximum Gasteiger partial charge on any atom is 0.147 e. The average molecular weight is 376 g/mol. The summed E-state index contributed by atoms with van der Waals surface area (Å²) in [5.74, 6) is 2.79. The van der Waals surface area contributed by atoms with Crippen molar-refractivity contribution in [3.8, 4) is 17.1 Å². The zero-order chi connectivity index (χ0) is 17.8. The molecule has 0 unspecified atom stereocenters. The molecule has 0 spiro atoms. The summed E-state index contributed by atoms with van der Waals surface area (Å²) >= 11 is 1.67. The predicted octanol–water partition coefficient (Wildman–Crippen LogP) is 4.92. The molecule has 136 valence electrons. The number of aromatic nitrogens is 3. The molecule has 0 atom stereocenters.